The van der Waals surface area contributed by atoms with Crippen molar-refractivity contribution in [2.45, 2.75) is 6.42 Å². The highest BCUT2D eigenvalue weighted by Crippen LogP contribution is 2.53. The minimum atomic E-state index is -0.664. The molecule has 0 spiro atoms. The number of esters is 1. The van der Waals surface area contributed by atoms with Crippen LogP contribution >= 0.6 is 0 Å². The zero-order valence-corrected chi connectivity index (χ0v) is 18.7. The molecule has 1 N–H and O–H groups in total. The van der Waals surface area contributed by atoms with Gasteiger partial charge in [-0.3, -0.25) is 19.3 Å². The average Bonchev–Trinajstić information content (AvgIpc) is 3.56. The molecule has 3 aromatic carbocycles. The van der Waals surface area contributed by atoms with E-state index >= 15 is 0 Å². The van der Waals surface area contributed by atoms with Crippen molar-refractivity contribution in [3.8, 4) is 0 Å². The second-order valence-electron chi connectivity index (χ2n) is 9.21. The Morgan fingerprint density at radius 3 is 2.23 bits per heavy atom. The maximum Gasteiger partial charge on any atom is 0.338 e. The number of ether oxygens (including phenoxy) is 1. The number of amides is 3. The number of fused-ring (bicyclic) bond motifs is 6. The highest BCUT2D eigenvalue weighted by molar-refractivity contribution is 6.22. The van der Waals surface area contributed by atoms with Gasteiger partial charge in [0, 0.05) is 11.1 Å². The molecule has 3 aliphatic rings. The van der Waals surface area contributed by atoms with Gasteiger partial charge in [0.05, 0.1) is 23.1 Å². The Morgan fingerprint density at radius 1 is 0.857 bits per heavy atom. The van der Waals surface area contributed by atoms with Crippen LogP contribution in [0.25, 0.3) is 10.8 Å². The number of hydrogen-bond donors (Lipinski definition) is 1. The van der Waals surface area contributed by atoms with Gasteiger partial charge >= 0.3 is 5.97 Å². The summed E-state index contributed by atoms with van der Waals surface area (Å²) in [5.74, 6) is -1.72. The number of anilines is 2. The first kappa shape index (κ1) is 21.3. The summed E-state index contributed by atoms with van der Waals surface area (Å²) in [6, 6.07) is 19.4. The highest BCUT2D eigenvalue weighted by atomic mass is 16.5. The number of nitrogens with one attached hydrogen (secondary N) is 1. The first-order valence-corrected chi connectivity index (χ1v) is 11.6. The Hall–Kier alpha value is -4.26. The molecular weight excluding hydrogens is 444 g/mol. The third kappa shape index (κ3) is 3.51. The Kier molecular flexibility index (Phi) is 4.99. The van der Waals surface area contributed by atoms with Gasteiger partial charge in [-0.2, -0.15) is 0 Å². The molecule has 0 unspecified atom stereocenters. The average molecular weight is 466 g/mol. The molecule has 3 amide bonds. The first-order valence-electron chi connectivity index (χ1n) is 11.6. The third-order valence-electron chi connectivity index (χ3n) is 7.23. The van der Waals surface area contributed by atoms with Gasteiger partial charge in [0.2, 0.25) is 11.8 Å². The Bertz CT molecular complexity index is 1380. The number of benzene rings is 3. The zero-order chi connectivity index (χ0) is 24.1. The monoisotopic (exact) mass is 466 g/mol. The van der Waals surface area contributed by atoms with Crippen molar-refractivity contribution >= 4 is 45.8 Å². The van der Waals surface area contributed by atoms with Gasteiger partial charge in [0.15, 0.2) is 6.61 Å². The molecule has 1 heterocycles. The molecular formula is C28H22N2O5. The lowest BCUT2D eigenvalue weighted by Gasteiger charge is -2.17. The Labute approximate surface area is 201 Å². The minimum Gasteiger partial charge on any atom is -0.452 e. The lowest BCUT2D eigenvalue weighted by Crippen LogP contribution is -2.32. The summed E-state index contributed by atoms with van der Waals surface area (Å²) in [5.41, 5.74) is 1.31. The Morgan fingerprint density at radius 2 is 1.51 bits per heavy atom. The largest absolute Gasteiger partial charge is 0.452 e. The van der Waals surface area contributed by atoms with Crippen LogP contribution in [-0.2, 0) is 19.1 Å². The minimum absolute atomic E-state index is 0.140. The second-order valence-corrected chi connectivity index (χ2v) is 9.21. The van der Waals surface area contributed by atoms with E-state index < -0.39 is 18.5 Å². The van der Waals surface area contributed by atoms with E-state index in [1.165, 1.54) is 17.0 Å². The van der Waals surface area contributed by atoms with Crippen LogP contribution in [-0.4, -0.2) is 30.3 Å². The van der Waals surface area contributed by atoms with Gasteiger partial charge in [-0.1, -0.05) is 48.6 Å². The van der Waals surface area contributed by atoms with Crippen molar-refractivity contribution in [1.82, 2.24) is 0 Å². The van der Waals surface area contributed by atoms with Gasteiger partial charge in [0.1, 0.15) is 0 Å². The summed E-state index contributed by atoms with van der Waals surface area (Å²) in [7, 11) is 0. The van der Waals surface area contributed by atoms with Crippen molar-refractivity contribution in [1.29, 1.82) is 0 Å². The number of rotatable bonds is 5. The summed E-state index contributed by atoms with van der Waals surface area (Å²) in [6.45, 7) is -0.438. The van der Waals surface area contributed by atoms with Gasteiger partial charge < -0.3 is 10.1 Å². The fourth-order valence-corrected chi connectivity index (χ4v) is 5.64. The van der Waals surface area contributed by atoms with Crippen molar-refractivity contribution in [3.63, 3.8) is 0 Å². The van der Waals surface area contributed by atoms with Gasteiger partial charge in [-0.05, 0) is 54.0 Å². The Balaban J connectivity index is 1.09. The quantitative estimate of drug-likeness (QED) is 0.349. The maximum atomic E-state index is 13.0. The maximum absolute atomic E-state index is 13.0. The molecule has 2 bridgehead atoms. The van der Waals surface area contributed by atoms with Gasteiger partial charge in [0.25, 0.3) is 5.91 Å². The number of carbonyl (C=O) groups is 4. The molecule has 174 valence electrons. The summed E-state index contributed by atoms with van der Waals surface area (Å²) in [5, 5.41) is 4.66. The van der Waals surface area contributed by atoms with Crippen LogP contribution < -0.4 is 10.2 Å². The normalized spacial score (nSPS) is 24.2. The number of carbonyl (C=O) groups excluding carboxylic acids is 4. The van der Waals surface area contributed by atoms with Crippen molar-refractivity contribution < 1.29 is 23.9 Å². The van der Waals surface area contributed by atoms with Crippen LogP contribution in [0.5, 0.6) is 0 Å². The number of imide groups is 1. The van der Waals surface area contributed by atoms with E-state index in [0.717, 1.165) is 17.2 Å². The smallest absolute Gasteiger partial charge is 0.338 e. The highest BCUT2D eigenvalue weighted by Gasteiger charge is 2.59. The van der Waals surface area contributed by atoms with E-state index in [-0.39, 0.29) is 41.0 Å². The molecule has 2 aliphatic carbocycles. The second kappa shape index (κ2) is 8.20. The van der Waals surface area contributed by atoms with Crippen molar-refractivity contribution in [2.75, 3.05) is 16.8 Å². The molecule has 4 atom stereocenters. The van der Waals surface area contributed by atoms with E-state index in [2.05, 4.69) is 17.5 Å². The van der Waals surface area contributed by atoms with Crippen molar-refractivity contribution in [2.24, 2.45) is 23.7 Å². The predicted molar refractivity (Wildman–Crippen MR) is 130 cm³/mol. The molecule has 1 aliphatic heterocycles. The number of nitrogens with zero attached hydrogens (tertiary/aromatic N) is 1. The topological polar surface area (TPSA) is 92.8 Å². The van der Waals surface area contributed by atoms with E-state index in [1.54, 1.807) is 18.2 Å². The molecule has 6 rings (SSSR count). The van der Waals surface area contributed by atoms with E-state index in [9.17, 15) is 19.2 Å². The molecule has 0 radical (unpaired) electrons. The van der Waals surface area contributed by atoms with Gasteiger partial charge in [-0.15, -0.1) is 0 Å². The van der Waals surface area contributed by atoms with E-state index in [0.29, 0.717) is 11.4 Å². The number of hydrogen-bond acceptors (Lipinski definition) is 5. The molecule has 7 nitrogen and oxygen atoms in total. The molecule has 3 aromatic rings. The summed E-state index contributed by atoms with van der Waals surface area (Å²) < 4.78 is 5.17. The van der Waals surface area contributed by atoms with Gasteiger partial charge in [-0.25, -0.2) is 4.79 Å². The molecule has 2 fully saturated rings. The lowest BCUT2D eigenvalue weighted by atomic mass is 9.85. The molecule has 1 saturated carbocycles. The van der Waals surface area contributed by atoms with Crippen LogP contribution in [0.3, 0.4) is 0 Å². The summed E-state index contributed by atoms with van der Waals surface area (Å²) in [6.07, 6.45) is 4.98. The van der Waals surface area contributed by atoms with E-state index in [1.807, 2.05) is 36.4 Å². The SMILES string of the molecule is O=C(COC(=O)c1ccc(N2C(=O)[C@@H]3[C@H](C2=O)[C@H]2C=C[C@H]3C2)cc1)Nc1cccc2ccccc12. The van der Waals surface area contributed by atoms with Crippen LogP contribution in [0.2, 0.25) is 0 Å². The fraction of sp³-hybridized carbons (Fsp3) is 0.214. The molecule has 7 heteroatoms. The molecule has 35 heavy (non-hydrogen) atoms. The summed E-state index contributed by atoms with van der Waals surface area (Å²) in [4.78, 5) is 52.0. The summed E-state index contributed by atoms with van der Waals surface area (Å²) >= 11 is 0. The lowest BCUT2D eigenvalue weighted by molar-refractivity contribution is -0.123. The van der Waals surface area contributed by atoms with Crippen LogP contribution in [0.15, 0.2) is 78.9 Å². The van der Waals surface area contributed by atoms with E-state index in [4.69, 9.17) is 4.74 Å². The predicted octanol–water partition coefficient (Wildman–Crippen LogP) is 3.95. The molecule has 0 aromatic heterocycles. The number of allylic oxidation sites excluding steroid dienone is 2. The van der Waals surface area contributed by atoms with Crippen molar-refractivity contribution in [3.05, 3.63) is 84.4 Å². The van der Waals surface area contributed by atoms with Crippen LogP contribution in [0.1, 0.15) is 16.8 Å². The first-order chi connectivity index (χ1) is 17.0. The standard InChI is InChI=1S/C28H22N2O5/c31-23(29-22-7-3-5-16-4-1-2-6-21(16)22)15-35-28(34)17-10-12-20(13-11-17)30-26(32)24-18-8-9-19(14-18)25(24)27(30)33/h1-13,18-19,24-25H,14-15H2,(H,29,31)/t18-,19-,24-,25+/m0/s1. The van der Waals surface area contributed by atoms with Crippen LogP contribution in [0, 0.1) is 23.7 Å². The molecule has 1 saturated heterocycles. The third-order valence-corrected chi connectivity index (χ3v) is 7.23. The van der Waals surface area contributed by atoms with Crippen LogP contribution in [0.4, 0.5) is 11.4 Å². The zero-order valence-electron chi connectivity index (χ0n) is 18.7. The fourth-order valence-electron chi connectivity index (χ4n) is 5.64.